The highest BCUT2D eigenvalue weighted by Gasteiger charge is 2.75. The summed E-state index contributed by atoms with van der Waals surface area (Å²) < 4.78 is 12.8. The molecule has 252 valence electrons. The predicted octanol–water partition coefficient (Wildman–Crippen LogP) is 4.09. The van der Waals surface area contributed by atoms with E-state index in [1.807, 2.05) is 44.2 Å². The molecule has 3 saturated heterocycles. The third kappa shape index (κ3) is 7.23. The topological polar surface area (TPSA) is 125 Å². The van der Waals surface area contributed by atoms with Gasteiger partial charge in [-0.2, -0.15) is 0 Å². The van der Waals surface area contributed by atoms with Gasteiger partial charge in [-0.05, 0) is 58.4 Å². The van der Waals surface area contributed by atoms with Crippen LogP contribution in [0.25, 0.3) is 0 Å². The minimum Gasteiger partial charge on any atom is -0.455 e. The van der Waals surface area contributed by atoms with Crippen LogP contribution in [0.15, 0.2) is 55.6 Å². The molecule has 0 radical (unpaired) electrons. The van der Waals surface area contributed by atoms with Crippen LogP contribution in [0.2, 0.25) is 0 Å². The van der Waals surface area contributed by atoms with Crippen molar-refractivity contribution in [3.05, 3.63) is 61.2 Å². The van der Waals surface area contributed by atoms with E-state index in [0.717, 1.165) is 18.4 Å². The lowest BCUT2D eigenvalue weighted by atomic mass is 9.70. The van der Waals surface area contributed by atoms with Crippen LogP contribution in [0, 0.1) is 11.8 Å². The molecular formula is C36H51N3O7. The van der Waals surface area contributed by atoms with Gasteiger partial charge in [0.05, 0.1) is 24.0 Å². The number of aliphatic hydroxyl groups is 1. The minimum atomic E-state index is -1.13. The van der Waals surface area contributed by atoms with Gasteiger partial charge in [-0.1, -0.05) is 55.3 Å². The van der Waals surface area contributed by atoms with Gasteiger partial charge in [0.15, 0.2) is 0 Å². The van der Waals surface area contributed by atoms with E-state index in [1.165, 1.54) is 0 Å². The maximum atomic E-state index is 14.3. The van der Waals surface area contributed by atoms with E-state index < -0.39 is 47.7 Å². The Labute approximate surface area is 273 Å². The zero-order valence-electron chi connectivity index (χ0n) is 27.6. The van der Waals surface area contributed by atoms with Crippen molar-refractivity contribution in [2.45, 2.75) is 108 Å². The molecule has 2 N–H and O–H groups in total. The molecule has 3 heterocycles. The number of esters is 1. The number of likely N-dealkylation sites (tertiary alicyclic amines) is 1. The van der Waals surface area contributed by atoms with Crippen LogP contribution in [0.5, 0.6) is 0 Å². The summed E-state index contributed by atoms with van der Waals surface area (Å²) >= 11 is 0. The van der Waals surface area contributed by atoms with Crippen LogP contribution >= 0.6 is 0 Å². The number of fused-ring (bicyclic) bond motifs is 1. The first-order valence-corrected chi connectivity index (χ1v) is 16.8. The number of amides is 3. The second-order valence-electron chi connectivity index (χ2n) is 13.1. The van der Waals surface area contributed by atoms with Gasteiger partial charge < -0.3 is 29.7 Å². The van der Waals surface area contributed by atoms with Crippen LogP contribution in [0.1, 0.15) is 83.8 Å². The first-order valence-electron chi connectivity index (χ1n) is 16.8. The van der Waals surface area contributed by atoms with Crippen LogP contribution in [-0.4, -0.2) is 88.1 Å². The normalized spacial score (nSPS) is 26.0. The number of carbonyl (C=O) groups excluding carboxylic acids is 4. The standard InChI is InChI=1S/C36H51N3O7/c1-6-8-18-28(41)37-25(5)31(26-16-12-11-13-17-26)45-35(44)29-27-19-20-36(46-27)30(29)33(42)39(22-14-9-10-15-23-40)32(36)34(43)38(21-7-2)24(3)4/h6-7,11-13,16-17,24-25,27,29-32,40H,1-2,8-10,14-15,18-23H2,3-5H3,(H,37,41)/t25-,27-,29+,30+,31-,32-,36+/m0/s1. The van der Waals surface area contributed by atoms with E-state index in [2.05, 4.69) is 18.5 Å². The maximum Gasteiger partial charge on any atom is 0.313 e. The van der Waals surface area contributed by atoms with Gasteiger partial charge in [0, 0.05) is 32.2 Å². The van der Waals surface area contributed by atoms with E-state index in [9.17, 15) is 24.3 Å². The Bertz CT molecular complexity index is 1250. The van der Waals surface area contributed by atoms with E-state index >= 15 is 0 Å². The number of unbranched alkanes of at least 4 members (excludes halogenated alkanes) is 3. The Kier molecular flexibility index (Phi) is 12.2. The van der Waals surface area contributed by atoms with Crippen LogP contribution in [-0.2, 0) is 28.7 Å². The average Bonchev–Trinajstić information content (AvgIpc) is 3.68. The fourth-order valence-electron chi connectivity index (χ4n) is 7.48. The number of nitrogens with one attached hydrogen (secondary N) is 1. The molecule has 4 rings (SSSR count). The Morgan fingerprint density at radius 2 is 1.85 bits per heavy atom. The van der Waals surface area contributed by atoms with Crippen molar-refractivity contribution in [3.8, 4) is 0 Å². The second kappa shape index (κ2) is 15.9. The minimum absolute atomic E-state index is 0.111. The zero-order chi connectivity index (χ0) is 33.4. The van der Waals surface area contributed by atoms with E-state index in [1.54, 1.807) is 28.9 Å². The highest BCUT2D eigenvalue weighted by molar-refractivity contribution is 5.98. The molecule has 0 aliphatic carbocycles. The molecule has 10 nitrogen and oxygen atoms in total. The Balaban J connectivity index is 1.63. The quantitative estimate of drug-likeness (QED) is 0.141. The molecule has 3 aliphatic rings. The summed E-state index contributed by atoms with van der Waals surface area (Å²) in [6.07, 6.45) is 6.79. The predicted molar refractivity (Wildman–Crippen MR) is 174 cm³/mol. The molecule has 3 fully saturated rings. The first kappa shape index (κ1) is 35.4. The van der Waals surface area contributed by atoms with Gasteiger partial charge in [0.2, 0.25) is 17.7 Å². The lowest BCUT2D eigenvalue weighted by Crippen LogP contribution is -2.57. The fourth-order valence-corrected chi connectivity index (χ4v) is 7.48. The highest BCUT2D eigenvalue weighted by Crippen LogP contribution is 2.59. The monoisotopic (exact) mass is 637 g/mol. The smallest absolute Gasteiger partial charge is 0.313 e. The van der Waals surface area contributed by atoms with Crippen LogP contribution in [0.4, 0.5) is 0 Å². The molecule has 7 atom stereocenters. The summed E-state index contributed by atoms with van der Waals surface area (Å²) in [6.45, 7) is 14.0. The lowest BCUT2D eigenvalue weighted by Gasteiger charge is -2.38. The van der Waals surface area contributed by atoms with E-state index in [0.29, 0.717) is 45.2 Å². The van der Waals surface area contributed by atoms with Gasteiger partial charge in [-0.3, -0.25) is 19.2 Å². The van der Waals surface area contributed by atoms with Crippen LogP contribution in [0.3, 0.4) is 0 Å². The largest absolute Gasteiger partial charge is 0.455 e. The van der Waals surface area contributed by atoms with Crippen molar-refractivity contribution in [2.24, 2.45) is 11.8 Å². The van der Waals surface area contributed by atoms with Gasteiger partial charge in [-0.25, -0.2) is 0 Å². The number of allylic oxidation sites excluding steroid dienone is 1. The number of hydrogen-bond donors (Lipinski definition) is 2. The zero-order valence-corrected chi connectivity index (χ0v) is 27.6. The molecule has 0 unspecified atom stereocenters. The Hall–Kier alpha value is -3.50. The van der Waals surface area contributed by atoms with Gasteiger partial charge in [0.1, 0.15) is 17.7 Å². The van der Waals surface area contributed by atoms with E-state index in [4.69, 9.17) is 9.47 Å². The molecule has 3 aliphatic heterocycles. The number of ether oxygens (including phenoxy) is 2. The number of benzene rings is 1. The number of nitrogens with zero attached hydrogens (tertiary/aromatic N) is 2. The summed E-state index contributed by atoms with van der Waals surface area (Å²) in [7, 11) is 0. The van der Waals surface area contributed by atoms with Crippen molar-refractivity contribution >= 4 is 23.7 Å². The SMILES string of the molecule is C=CCCC(=O)N[C@@H](C)[C@H](OC(=O)[C@@H]1[C@@H]2CC[C@]3(O2)[C@H](C(=O)N(CC=C)C(C)C)N(CCCCCCO)C(=O)[C@@H]13)c1ccccc1. The summed E-state index contributed by atoms with van der Waals surface area (Å²) in [5.74, 6) is -2.92. The fraction of sp³-hybridized carbons (Fsp3) is 0.611. The van der Waals surface area contributed by atoms with Crippen molar-refractivity contribution in [3.63, 3.8) is 0 Å². The molecule has 46 heavy (non-hydrogen) atoms. The molecule has 1 aromatic carbocycles. The Morgan fingerprint density at radius 1 is 1.13 bits per heavy atom. The number of aliphatic hydroxyl groups excluding tert-OH is 1. The van der Waals surface area contributed by atoms with Gasteiger partial charge in [-0.15, -0.1) is 13.2 Å². The van der Waals surface area contributed by atoms with Crippen molar-refractivity contribution in [1.29, 1.82) is 0 Å². The van der Waals surface area contributed by atoms with Gasteiger partial charge in [0.25, 0.3) is 0 Å². The number of rotatable bonds is 18. The van der Waals surface area contributed by atoms with Crippen molar-refractivity contribution < 1.29 is 33.8 Å². The highest BCUT2D eigenvalue weighted by atomic mass is 16.6. The van der Waals surface area contributed by atoms with Crippen LogP contribution < -0.4 is 5.32 Å². The molecule has 10 heteroatoms. The summed E-state index contributed by atoms with van der Waals surface area (Å²) in [6, 6.07) is 7.71. The molecular weight excluding hydrogens is 586 g/mol. The number of carbonyl (C=O) groups is 4. The van der Waals surface area contributed by atoms with Gasteiger partial charge >= 0.3 is 5.97 Å². The summed E-state index contributed by atoms with van der Waals surface area (Å²) in [5, 5.41) is 12.2. The molecule has 2 bridgehead atoms. The van der Waals surface area contributed by atoms with Crippen molar-refractivity contribution in [2.75, 3.05) is 19.7 Å². The lowest BCUT2D eigenvalue weighted by molar-refractivity contribution is -0.162. The molecule has 1 aromatic rings. The first-order chi connectivity index (χ1) is 22.1. The molecule has 3 amide bonds. The third-order valence-electron chi connectivity index (χ3n) is 9.64. The van der Waals surface area contributed by atoms with E-state index in [-0.39, 0.29) is 36.8 Å². The Morgan fingerprint density at radius 3 is 2.50 bits per heavy atom. The maximum absolute atomic E-state index is 14.3. The summed E-state index contributed by atoms with van der Waals surface area (Å²) in [4.78, 5) is 58.8. The second-order valence-corrected chi connectivity index (χ2v) is 13.1. The van der Waals surface area contributed by atoms with Crippen molar-refractivity contribution in [1.82, 2.24) is 15.1 Å². The molecule has 0 aromatic heterocycles. The molecule has 1 spiro atoms. The number of hydrogen-bond acceptors (Lipinski definition) is 7. The average molecular weight is 638 g/mol. The summed E-state index contributed by atoms with van der Waals surface area (Å²) in [5.41, 5.74) is -0.409. The molecule has 0 saturated carbocycles. The third-order valence-corrected chi connectivity index (χ3v) is 9.64.